The molecule has 4 rings (SSSR count). The average Bonchev–Trinajstić information content (AvgIpc) is 3.17. The maximum Gasteiger partial charge on any atom is 0.346 e. The highest BCUT2D eigenvalue weighted by Gasteiger charge is 2.15. The van der Waals surface area contributed by atoms with Crippen LogP contribution in [0.2, 0.25) is 0 Å². The molecular weight excluding hydrogens is 376 g/mol. The van der Waals surface area contributed by atoms with E-state index >= 15 is 0 Å². The second-order valence-corrected chi connectivity index (χ2v) is 7.24. The molecule has 0 unspecified atom stereocenters. The van der Waals surface area contributed by atoms with Gasteiger partial charge in [0.1, 0.15) is 0 Å². The lowest BCUT2D eigenvalue weighted by Crippen LogP contribution is -2.42. The molecule has 0 fully saturated rings. The van der Waals surface area contributed by atoms with Gasteiger partial charge in [-0.25, -0.2) is 19.6 Å². The predicted molar refractivity (Wildman–Crippen MR) is 109 cm³/mol. The summed E-state index contributed by atoms with van der Waals surface area (Å²) in [6, 6.07) is 3.54. The van der Waals surface area contributed by atoms with Crippen LogP contribution < -0.4 is 21.8 Å². The van der Waals surface area contributed by atoms with Crippen LogP contribution in [0.1, 0.15) is 24.1 Å². The summed E-state index contributed by atoms with van der Waals surface area (Å²) in [5.74, 6) is 0.464. The number of thiophene rings is 1. The fourth-order valence-corrected chi connectivity index (χ4v) is 3.75. The van der Waals surface area contributed by atoms with Crippen molar-refractivity contribution in [3.63, 3.8) is 0 Å². The smallest absolute Gasteiger partial charge is 0.346 e. The van der Waals surface area contributed by atoms with Gasteiger partial charge in [0.15, 0.2) is 0 Å². The van der Waals surface area contributed by atoms with Crippen LogP contribution in [-0.4, -0.2) is 9.97 Å². The van der Waals surface area contributed by atoms with Gasteiger partial charge in [-0.1, -0.05) is 30.9 Å². The zero-order valence-corrected chi connectivity index (χ0v) is 15.9. The number of aryl methyl sites for hydroxylation is 1. The molecule has 28 heavy (non-hydrogen) atoms. The Morgan fingerprint density at radius 3 is 2.43 bits per heavy atom. The Morgan fingerprint density at radius 1 is 1.04 bits per heavy atom. The number of hydrogen-bond acceptors (Lipinski definition) is 7. The third-order valence-electron chi connectivity index (χ3n) is 4.25. The van der Waals surface area contributed by atoms with Crippen LogP contribution in [0.25, 0.3) is 39.8 Å². The minimum Gasteiger partial charge on any atom is -0.402 e. The molecule has 3 aromatic rings. The van der Waals surface area contributed by atoms with Crippen molar-refractivity contribution < 1.29 is 8.83 Å². The molecule has 0 radical (unpaired) electrons. The Labute approximate surface area is 163 Å². The van der Waals surface area contributed by atoms with E-state index in [0.29, 0.717) is 31.6 Å². The summed E-state index contributed by atoms with van der Waals surface area (Å²) < 4.78 is 10.8. The number of allylic oxidation sites excluding steroid dienone is 2. The molecule has 1 aliphatic carbocycles. The number of nitrogens with zero attached hydrogens (tertiary/aromatic N) is 2. The first-order valence-electron chi connectivity index (χ1n) is 8.70. The van der Waals surface area contributed by atoms with E-state index in [0.717, 1.165) is 12.8 Å². The van der Waals surface area contributed by atoms with E-state index in [9.17, 15) is 9.59 Å². The third-order valence-corrected chi connectivity index (χ3v) is 5.32. The molecule has 0 spiro atoms. The van der Waals surface area contributed by atoms with Crippen LogP contribution in [-0.2, 0) is 0 Å². The molecule has 0 aliphatic heterocycles. The van der Waals surface area contributed by atoms with Crippen molar-refractivity contribution in [3.8, 4) is 21.5 Å². The predicted octanol–water partition coefficient (Wildman–Crippen LogP) is 2.64. The van der Waals surface area contributed by atoms with Gasteiger partial charge in [-0.15, -0.1) is 11.3 Å². The maximum atomic E-state index is 12.3. The molecule has 0 aromatic carbocycles. The van der Waals surface area contributed by atoms with Crippen LogP contribution in [0.4, 0.5) is 0 Å². The fraction of sp³-hybridized carbons (Fsp3) is 0.143. The molecule has 7 heteroatoms. The molecular formula is C21H16N2O4S. The van der Waals surface area contributed by atoms with E-state index in [1.807, 2.05) is 12.2 Å². The maximum absolute atomic E-state index is 12.3. The number of fused-ring (bicyclic) bond motifs is 1. The normalized spacial score (nSPS) is 13.0. The van der Waals surface area contributed by atoms with Gasteiger partial charge in [0, 0.05) is 0 Å². The van der Waals surface area contributed by atoms with Gasteiger partial charge < -0.3 is 8.83 Å². The molecule has 0 saturated heterocycles. The first-order valence-corrected chi connectivity index (χ1v) is 9.51. The molecule has 1 aliphatic rings. The molecule has 0 saturated carbocycles. The van der Waals surface area contributed by atoms with Gasteiger partial charge in [-0.3, -0.25) is 0 Å². The topological polar surface area (TPSA) is 86.2 Å². The fourth-order valence-electron chi connectivity index (χ4n) is 2.89. The van der Waals surface area contributed by atoms with Gasteiger partial charge >= 0.3 is 11.3 Å². The Kier molecular flexibility index (Phi) is 4.75. The largest absolute Gasteiger partial charge is 0.402 e. The van der Waals surface area contributed by atoms with Crippen molar-refractivity contribution in [3.05, 3.63) is 73.5 Å². The lowest BCUT2D eigenvalue weighted by molar-refractivity contribution is 0.498. The van der Waals surface area contributed by atoms with Gasteiger partial charge in [0.25, 0.3) is 0 Å². The highest BCUT2D eigenvalue weighted by atomic mass is 32.1. The zero-order valence-electron chi connectivity index (χ0n) is 15.1. The molecule has 0 amide bonds. The lowest BCUT2D eigenvalue weighted by Gasteiger charge is -2.01. The SMILES string of the molecule is C=C/C=C\c1c(C)nc(-c2ccc(-c3nc4c(c(=O)o3)=CCCC=4)s2)oc1=O. The Hall–Kier alpha value is -3.32. The van der Waals surface area contributed by atoms with Crippen LogP contribution in [0, 0.1) is 6.92 Å². The third kappa shape index (κ3) is 3.32. The molecule has 0 N–H and O–H groups in total. The lowest BCUT2D eigenvalue weighted by atomic mass is 10.2. The molecule has 6 nitrogen and oxygen atoms in total. The monoisotopic (exact) mass is 392 g/mol. The highest BCUT2D eigenvalue weighted by molar-refractivity contribution is 7.18. The van der Waals surface area contributed by atoms with Crippen LogP contribution >= 0.6 is 11.3 Å². The number of hydrogen-bond donors (Lipinski definition) is 0. The van der Waals surface area contributed by atoms with E-state index in [2.05, 4.69) is 16.5 Å². The quantitative estimate of drug-likeness (QED) is 0.635. The highest BCUT2D eigenvalue weighted by Crippen LogP contribution is 2.31. The van der Waals surface area contributed by atoms with E-state index < -0.39 is 11.3 Å². The molecule has 140 valence electrons. The summed E-state index contributed by atoms with van der Waals surface area (Å²) in [4.78, 5) is 34.6. The first kappa shape index (κ1) is 18.1. The molecule has 0 atom stereocenters. The van der Waals surface area contributed by atoms with Crippen LogP contribution in [0.3, 0.4) is 0 Å². The molecule has 3 aromatic heterocycles. The van der Waals surface area contributed by atoms with E-state index in [4.69, 9.17) is 8.83 Å². The molecule has 0 bridgehead atoms. The Balaban J connectivity index is 1.76. The van der Waals surface area contributed by atoms with E-state index in [1.54, 1.807) is 37.3 Å². The molecule has 3 heterocycles. The van der Waals surface area contributed by atoms with Crippen molar-refractivity contribution >= 4 is 29.6 Å². The minimum atomic E-state index is -0.473. The zero-order chi connectivity index (χ0) is 19.7. The van der Waals surface area contributed by atoms with Gasteiger partial charge in [0.2, 0.25) is 11.8 Å². The van der Waals surface area contributed by atoms with Crippen molar-refractivity contribution in [2.45, 2.75) is 19.8 Å². The summed E-state index contributed by atoms with van der Waals surface area (Å²) in [5, 5.41) is 1.16. The van der Waals surface area contributed by atoms with Crippen molar-refractivity contribution in [2.24, 2.45) is 0 Å². The van der Waals surface area contributed by atoms with Crippen molar-refractivity contribution in [2.75, 3.05) is 0 Å². The minimum absolute atomic E-state index is 0.217. The van der Waals surface area contributed by atoms with Crippen molar-refractivity contribution in [1.82, 2.24) is 9.97 Å². The standard InChI is InChI=1S/C21H16N2O4S/c1-3-4-7-13-12(2)22-18(26-20(13)24)16-10-11-17(28-16)19-23-15-9-6-5-8-14(15)21(25)27-19/h3-4,7-11H,1,5-6H2,2H3/b7-4-. The summed E-state index contributed by atoms with van der Waals surface area (Å²) in [6.07, 6.45) is 10.3. The average molecular weight is 392 g/mol. The van der Waals surface area contributed by atoms with Gasteiger partial charge in [-0.05, 0) is 38.0 Å². The summed E-state index contributed by atoms with van der Waals surface area (Å²) in [6.45, 7) is 5.33. The van der Waals surface area contributed by atoms with Gasteiger partial charge in [0.05, 0.1) is 31.6 Å². The van der Waals surface area contributed by atoms with E-state index in [1.165, 1.54) is 11.3 Å². The van der Waals surface area contributed by atoms with E-state index in [-0.39, 0.29) is 11.8 Å². The summed E-state index contributed by atoms with van der Waals surface area (Å²) >= 11 is 1.29. The summed E-state index contributed by atoms with van der Waals surface area (Å²) in [5.41, 5.74) is 0.0707. The Bertz CT molecular complexity index is 1340. The van der Waals surface area contributed by atoms with Gasteiger partial charge in [-0.2, -0.15) is 0 Å². The second kappa shape index (κ2) is 7.36. The van der Waals surface area contributed by atoms with Crippen LogP contribution in [0.15, 0.2) is 49.3 Å². The second-order valence-electron chi connectivity index (χ2n) is 6.16. The summed E-state index contributed by atoms with van der Waals surface area (Å²) in [7, 11) is 0. The number of aromatic nitrogens is 2. The van der Waals surface area contributed by atoms with Crippen molar-refractivity contribution in [1.29, 1.82) is 0 Å². The first-order chi connectivity index (χ1) is 13.6. The van der Waals surface area contributed by atoms with Crippen LogP contribution in [0.5, 0.6) is 0 Å². The Morgan fingerprint density at radius 2 is 1.71 bits per heavy atom. The number of rotatable bonds is 4.